The number of hydrogen-bond donors (Lipinski definition) is 1. The van der Waals surface area contributed by atoms with Gasteiger partial charge in [0.15, 0.2) is 16.6 Å². The van der Waals surface area contributed by atoms with Crippen molar-refractivity contribution in [3.05, 3.63) is 58.4 Å². The molecule has 0 atom stereocenters. The number of anilines is 1. The third kappa shape index (κ3) is 4.72. The van der Waals surface area contributed by atoms with Gasteiger partial charge in [-0.15, -0.1) is 11.3 Å². The van der Waals surface area contributed by atoms with Crippen LogP contribution in [0, 0.1) is 0 Å². The standard InChI is InChI=1S/C18H13ClF2N2O3S/c1-25-15-8-11(4-7-14(15)26-17(20)21)16(24)23-18-22-13(9-27-18)10-2-5-12(19)6-3-10/h2-9,17H,1H3,(H,22,23,24). The normalized spacial score (nSPS) is 10.7. The van der Waals surface area contributed by atoms with Crippen LogP contribution in [-0.4, -0.2) is 24.6 Å². The first kappa shape index (κ1) is 19.1. The van der Waals surface area contributed by atoms with Crippen LogP contribution in [0.15, 0.2) is 47.8 Å². The highest BCUT2D eigenvalue weighted by molar-refractivity contribution is 7.14. The molecule has 0 aliphatic rings. The second-order valence-electron chi connectivity index (χ2n) is 5.24. The quantitative estimate of drug-likeness (QED) is 0.597. The minimum absolute atomic E-state index is 0.0314. The van der Waals surface area contributed by atoms with Gasteiger partial charge in [0, 0.05) is 21.5 Å². The van der Waals surface area contributed by atoms with Crippen molar-refractivity contribution >= 4 is 34.0 Å². The summed E-state index contributed by atoms with van der Waals surface area (Å²) >= 11 is 7.13. The average molecular weight is 411 g/mol. The number of amides is 1. The van der Waals surface area contributed by atoms with Crippen LogP contribution in [-0.2, 0) is 0 Å². The van der Waals surface area contributed by atoms with Crippen molar-refractivity contribution in [2.75, 3.05) is 12.4 Å². The van der Waals surface area contributed by atoms with Gasteiger partial charge >= 0.3 is 6.61 Å². The number of alkyl halides is 2. The van der Waals surface area contributed by atoms with E-state index in [2.05, 4.69) is 15.0 Å². The van der Waals surface area contributed by atoms with Crippen molar-refractivity contribution in [2.45, 2.75) is 6.61 Å². The Morgan fingerprint density at radius 3 is 2.59 bits per heavy atom. The Balaban J connectivity index is 1.75. The van der Waals surface area contributed by atoms with E-state index in [-0.39, 0.29) is 17.1 Å². The molecule has 1 amide bonds. The van der Waals surface area contributed by atoms with Crippen molar-refractivity contribution in [1.29, 1.82) is 0 Å². The molecule has 3 rings (SSSR count). The molecule has 0 saturated carbocycles. The molecule has 1 aromatic heterocycles. The first-order valence-electron chi connectivity index (χ1n) is 7.62. The van der Waals surface area contributed by atoms with Gasteiger partial charge < -0.3 is 9.47 Å². The van der Waals surface area contributed by atoms with Crippen molar-refractivity contribution in [3.8, 4) is 22.8 Å². The van der Waals surface area contributed by atoms with Crippen molar-refractivity contribution in [2.24, 2.45) is 0 Å². The molecular formula is C18H13ClF2N2O3S. The Morgan fingerprint density at radius 2 is 1.93 bits per heavy atom. The Labute approximate surface area is 162 Å². The van der Waals surface area contributed by atoms with Crippen molar-refractivity contribution in [1.82, 2.24) is 4.98 Å². The summed E-state index contributed by atoms with van der Waals surface area (Å²) < 4.78 is 34.1. The maximum absolute atomic E-state index is 12.4. The Morgan fingerprint density at radius 1 is 1.19 bits per heavy atom. The van der Waals surface area contributed by atoms with Gasteiger partial charge in [-0.3, -0.25) is 10.1 Å². The molecule has 140 valence electrons. The lowest BCUT2D eigenvalue weighted by Gasteiger charge is -2.11. The number of carbonyl (C=O) groups is 1. The lowest BCUT2D eigenvalue weighted by molar-refractivity contribution is -0.0512. The van der Waals surface area contributed by atoms with E-state index in [1.807, 2.05) is 12.1 Å². The fourth-order valence-electron chi connectivity index (χ4n) is 2.26. The number of rotatable bonds is 6. The van der Waals surface area contributed by atoms with Gasteiger partial charge in [-0.25, -0.2) is 4.98 Å². The monoisotopic (exact) mass is 410 g/mol. The van der Waals surface area contributed by atoms with E-state index in [9.17, 15) is 13.6 Å². The largest absolute Gasteiger partial charge is 0.493 e. The van der Waals surface area contributed by atoms with Crippen LogP contribution in [0.2, 0.25) is 5.02 Å². The van der Waals surface area contributed by atoms with Crippen LogP contribution in [0.25, 0.3) is 11.3 Å². The molecule has 0 saturated heterocycles. The molecule has 27 heavy (non-hydrogen) atoms. The van der Waals surface area contributed by atoms with Crippen LogP contribution >= 0.6 is 22.9 Å². The lowest BCUT2D eigenvalue weighted by atomic mass is 10.2. The fourth-order valence-corrected chi connectivity index (χ4v) is 3.10. The summed E-state index contributed by atoms with van der Waals surface area (Å²) in [5, 5.41) is 5.49. The van der Waals surface area contributed by atoms with E-state index in [0.29, 0.717) is 15.8 Å². The number of nitrogens with zero attached hydrogens (tertiary/aromatic N) is 1. The molecule has 0 fully saturated rings. The van der Waals surface area contributed by atoms with E-state index in [1.165, 1.54) is 36.6 Å². The zero-order valence-electron chi connectivity index (χ0n) is 13.9. The maximum atomic E-state index is 12.4. The highest BCUT2D eigenvalue weighted by Crippen LogP contribution is 2.30. The number of benzene rings is 2. The van der Waals surface area contributed by atoms with E-state index in [0.717, 1.165) is 5.56 Å². The number of nitrogens with one attached hydrogen (secondary N) is 1. The first-order chi connectivity index (χ1) is 13.0. The highest BCUT2D eigenvalue weighted by atomic mass is 35.5. The number of thiazole rings is 1. The van der Waals surface area contributed by atoms with Crippen LogP contribution in [0.4, 0.5) is 13.9 Å². The van der Waals surface area contributed by atoms with Gasteiger partial charge in [0.1, 0.15) is 0 Å². The minimum Gasteiger partial charge on any atom is -0.493 e. The number of aromatic nitrogens is 1. The summed E-state index contributed by atoms with van der Waals surface area (Å²) in [7, 11) is 1.30. The molecule has 3 aromatic rings. The smallest absolute Gasteiger partial charge is 0.387 e. The van der Waals surface area contributed by atoms with Crippen LogP contribution < -0.4 is 14.8 Å². The number of ether oxygens (including phenoxy) is 2. The van der Waals surface area contributed by atoms with E-state index in [1.54, 1.807) is 17.5 Å². The summed E-state index contributed by atoms with van der Waals surface area (Å²) in [5.74, 6) is -0.568. The minimum atomic E-state index is -2.99. The van der Waals surface area contributed by atoms with E-state index in [4.69, 9.17) is 16.3 Å². The molecule has 0 radical (unpaired) electrons. The molecule has 9 heteroatoms. The molecule has 1 heterocycles. The molecule has 0 unspecified atom stereocenters. The number of halogens is 3. The molecule has 2 aromatic carbocycles. The lowest BCUT2D eigenvalue weighted by Crippen LogP contribution is -2.12. The van der Waals surface area contributed by atoms with Crippen LogP contribution in [0.1, 0.15) is 10.4 Å². The topological polar surface area (TPSA) is 60.5 Å². The molecule has 1 N–H and O–H groups in total. The molecule has 5 nitrogen and oxygen atoms in total. The van der Waals surface area contributed by atoms with E-state index >= 15 is 0 Å². The molecule has 0 bridgehead atoms. The number of hydrogen-bond acceptors (Lipinski definition) is 5. The number of methoxy groups -OCH3 is 1. The van der Waals surface area contributed by atoms with Crippen molar-refractivity contribution < 1.29 is 23.0 Å². The van der Waals surface area contributed by atoms with Gasteiger partial charge in [0.2, 0.25) is 0 Å². The fraction of sp³-hybridized carbons (Fsp3) is 0.111. The second-order valence-corrected chi connectivity index (χ2v) is 6.54. The van der Waals surface area contributed by atoms with Crippen LogP contribution in [0.3, 0.4) is 0 Å². The molecule has 0 spiro atoms. The molecular weight excluding hydrogens is 398 g/mol. The summed E-state index contributed by atoms with van der Waals surface area (Å²) in [5.41, 5.74) is 1.79. The van der Waals surface area contributed by atoms with Gasteiger partial charge in [-0.05, 0) is 30.3 Å². The zero-order chi connectivity index (χ0) is 19.4. The molecule has 0 aliphatic carbocycles. The van der Waals surface area contributed by atoms with E-state index < -0.39 is 12.5 Å². The third-order valence-electron chi connectivity index (χ3n) is 3.51. The first-order valence-corrected chi connectivity index (χ1v) is 8.87. The Hall–Kier alpha value is -2.71. The SMILES string of the molecule is COc1cc(C(=O)Nc2nc(-c3ccc(Cl)cc3)cs2)ccc1OC(F)F. The Bertz CT molecular complexity index is 948. The van der Waals surface area contributed by atoms with Gasteiger partial charge in [0.25, 0.3) is 5.91 Å². The average Bonchev–Trinajstić information content (AvgIpc) is 3.10. The summed E-state index contributed by atoms with van der Waals surface area (Å²) in [4.78, 5) is 16.8. The predicted octanol–water partition coefficient (Wildman–Crippen LogP) is 5.33. The predicted molar refractivity (Wildman–Crippen MR) is 100 cm³/mol. The second kappa shape index (κ2) is 8.32. The zero-order valence-corrected chi connectivity index (χ0v) is 15.5. The van der Waals surface area contributed by atoms with Gasteiger partial charge in [-0.1, -0.05) is 23.7 Å². The number of carbonyl (C=O) groups excluding carboxylic acids is 1. The Kier molecular flexibility index (Phi) is 5.88. The molecule has 0 aliphatic heterocycles. The summed E-state index contributed by atoms with van der Waals surface area (Å²) in [6.45, 7) is -2.99. The van der Waals surface area contributed by atoms with Gasteiger partial charge in [-0.2, -0.15) is 8.78 Å². The van der Waals surface area contributed by atoms with Gasteiger partial charge in [0.05, 0.1) is 12.8 Å². The summed E-state index contributed by atoms with van der Waals surface area (Å²) in [6.07, 6.45) is 0. The van der Waals surface area contributed by atoms with Crippen LogP contribution in [0.5, 0.6) is 11.5 Å². The third-order valence-corrected chi connectivity index (χ3v) is 4.52. The maximum Gasteiger partial charge on any atom is 0.387 e. The van der Waals surface area contributed by atoms with Crippen molar-refractivity contribution in [3.63, 3.8) is 0 Å². The summed E-state index contributed by atoms with van der Waals surface area (Å²) in [6, 6.07) is 11.1. The highest BCUT2D eigenvalue weighted by Gasteiger charge is 2.15.